The SMILES string of the molecule is COCCNCCSCc1occc1C. The van der Waals surface area contributed by atoms with E-state index in [2.05, 4.69) is 12.2 Å². The number of aryl methyl sites for hydroxylation is 1. The van der Waals surface area contributed by atoms with E-state index in [0.717, 1.165) is 37.0 Å². The molecule has 0 aliphatic carbocycles. The topological polar surface area (TPSA) is 34.4 Å². The number of nitrogens with one attached hydrogen (secondary N) is 1. The van der Waals surface area contributed by atoms with Crippen LogP contribution in [-0.4, -0.2) is 32.6 Å². The van der Waals surface area contributed by atoms with Gasteiger partial charge in [-0.1, -0.05) is 0 Å². The molecule has 4 heteroatoms. The fourth-order valence-corrected chi connectivity index (χ4v) is 2.07. The van der Waals surface area contributed by atoms with Gasteiger partial charge in [0.2, 0.25) is 0 Å². The third-order valence-electron chi connectivity index (χ3n) is 2.11. The van der Waals surface area contributed by atoms with Crippen molar-refractivity contribution in [3.05, 3.63) is 23.7 Å². The highest BCUT2D eigenvalue weighted by Gasteiger charge is 2.00. The van der Waals surface area contributed by atoms with Gasteiger partial charge in [-0.2, -0.15) is 11.8 Å². The van der Waals surface area contributed by atoms with Crippen molar-refractivity contribution in [2.45, 2.75) is 12.7 Å². The summed E-state index contributed by atoms with van der Waals surface area (Å²) in [5.41, 5.74) is 1.25. The average Bonchev–Trinajstić information content (AvgIpc) is 2.63. The summed E-state index contributed by atoms with van der Waals surface area (Å²) in [5, 5.41) is 3.30. The lowest BCUT2D eigenvalue weighted by molar-refractivity contribution is 0.200. The normalized spacial score (nSPS) is 10.8. The van der Waals surface area contributed by atoms with Crippen LogP contribution in [0.3, 0.4) is 0 Å². The van der Waals surface area contributed by atoms with E-state index in [9.17, 15) is 0 Å². The predicted octanol–water partition coefficient (Wildman–Crippen LogP) is 2.06. The summed E-state index contributed by atoms with van der Waals surface area (Å²) in [6.45, 7) is 4.81. The minimum Gasteiger partial charge on any atom is -0.468 e. The second-order valence-electron chi connectivity index (χ2n) is 3.32. The number of methoxy groups -OCH3 is 1. The van der Waals surface area contributed by atoms with Crippen LogP contribution in [0, 0.1) is 6.92 Å². The molecular formula is C11H19NO2S. The molecule has 86 valence electrons. The maximum absolute atomic E-state index is 5.35. The summed E-state index contributed by atoms with van der Waals surface area (Å²) in [6.07, 6.45) is 1.75. The van der Waals surface area contributed by atoms with Crippen LogP contribution in [-0.2, 0) is 10.5 Å². The molecule has 0 spiro atoms. The summed E-state index contributed by atoms with van der Waals surface area (Å²) in [5.74, 6) is 3.16. The zero-order chi connectivity index (χ0) is 10.9. The zero-order valence-electron chi connectivity index (χ0n) is 9.41. The molecule has 0 fully saturated rings. The maximum atomic E-state index is 5.35. The Morgan fingerprint density at radius 1 is 1.47 bits per heavy atom. The molecule has 1 aromatic rings. The average molecular weight is 229 g/mol. The third kappa shape index (κ3) is 5.25. The van der Waals surface area contributed by atoms with Crippen LogP contribution in [0.25, 0.3) is 0 Å². The lowest BCUT2D eigenvalue weighted by atomic mass is 10.3. The van der Waals surface area contributed by atoms with E-state index in [0.29, 0.717) is 0 Å². The molecular weight excluding hydrogens is 210 g/mol. The minimum absolute atomic E-state index is 0.780. The van der Waals surface area contributed by atoms with E-state index >= 15 is 0 Å². The molecule has 1 rings (SSSR count). The Hall–Kier alpha value is -0.450. The Balaban J connectivity index is 1.96. The first-order valence-electron chi connectivity index (χ1n) is 5.15. The molecule has 0 atom stereocenters. The van der Waals surface area contributed by atoms with Gasteiger partial charge in [0, 0.05) is 26.0 Å². The van der Waals surface area contributed by atoms with E-state index in [1.807, 2.05) is 17.8 Å². The minimum atomic E-state index is 0.780. The van der Waals surface area contributed by atoms with Crippen molar-refractivity contribution in [2.24, 2.45) is 0 Å². The van der Waals surface area contributed by atoms with Gasteiger partial charge in [0.25, 0.3) is 0 Å². The predicted molar refractivity (Wildman–Crippen MR) is 64.4 cm³/mol. The van der Waals surface area contributed by atoms with Gasteiger partial charge in [-0.15, -0.1) is 0 Å². The largest absolute Gasteiger partial charge is 0.468 e. The van der Waals surface area contributed by atoms with Crippen molar-refractivity contribution < 1.29 is 9.15 Å². The number of furan rings is 1. The highest BCUT2D eigenvalue weighted by atomic mass is 32.2. The molecule has 0 saturated heterocycles. The highest BCUT2D eigenvalue weighted by Crippen LogP contribution is 2.16. The Bertz CT molecular complexity index is 263. The van der Waals surface area contributed by atoms with Crippen LogP contribution in [0.2, 0.25) is 0 Å². The van der Waals surface area contributed by atoms with E-state index < -0.39 is 0 Å². The maximum Gasteiger partial charge on any atom is 0.116 e. The molecule has 1 N–H and O–H groups in total. The molecule has 0 bridgehead atoms. The van der Waals surface area contributed by atoms with Crippen LogP contribution in [0.15, 0.2) is 16.7 Å². The lowest BCUT2D eigenvalue weighted by Crippen LogP contribution is -2.21. The van der Waals surface area contributed by atoms with Gasteiger partial charge in [0.1, 0.15) is 5.76 Å². The van der Waals surface area contributed by atoms with Gasteiger partial charge < -0.3 is 14.5 Å². The number of hydrogen-bond donors (Lipinski definition) is 1. The molecule has 15 heavy (non-hydrogen) atoms. The van der Waals surface area contributed by atoms with Crippen molar-refractivity contribution in [1.82, 2.24) is 5.32 Å². The third-order valence-corrected chi connectivity index (χ3v) is 3.07. The standard InChI is InChI=1S/C11H19NO2S/c1-10-3-6-14-11(10)9-15-8-5-12-4-7-13-2/h3,6,12H,4-5,7-9H2,1-2H3. The van der Waals surface area contributed by atoms with Crippen molar-refractivity contribution in [2.75, 3.05) is 32.6 Å². The molecule has 0 aliphatic rings. The van der Waals surface area contributed by atoms with Crippen molar-refractivity contribution in [3.63, 3.8) is 0 Å². The van der Waals surface area contributed by atoms with Gasteiger partial charge in [0.05, 0.1) is 18.6 Å². The fourth-order valence-electron chi connectivity index (χ4n) is 1.16. The zero-order valence-corrected chi connectivity index (χ0v) is 10.2. The Kier molecular flexibility index (Phi) is 6.55. The van der Waals surface area contributed by atoms with Crippen LogP contribution in [0.4, 0.5) is 0 Å². The van der Waals surface area contributed by atoms with Gasteiger partial charge in [-0.3, -0.25) is 0 Å². The lowest BCUT2D eigenvalue weighted by Gasteiger charge is -2.03. The van der Waals surface area contributed by atoms with Crippen LogP contribution in [0.1, 0.15) is 11.3 Å². The molecule has 0 amide bonds. The quantitative estimate of drug-likeness (QED) is 0.692. The Morgan fingerprint density at radius 3 is 3.00 bits per heavy atom. The molecule has 0 saturated carbocycles. The van der Waals surface area contributed by atoms with Gasteiger partial charge in [-0.25, -0.2) is 0 Å². The summed E-state index contributed by atoms with van der Waals surface area (Å²) >= 11 is 1.89. The van der Waals surface area contributed by atoms with E-state index in [1.54, 1.807) is 13.4 Å². The van der Waals surface area contributed by atoms with Crippen molar-refractivity contribution in [3.8, 4) is 0 Å². The van der Waals surface area contributed by atoms with Crippen LogP contribution >= 0.6 is 11.8 Å². The molecule has 0 aromatic carbocycles. The second-order valence-corrected chi connectivity index (χ2v) is 4.43. The monoisotopic (exact) mass is 229 g/mol. The summed E-state index contributed by atoms with van der Waals surface area (Å²) < 4.78 is 10.3. The number of hydrogen-bond acceptors (Lipinski definition) is 4. The molecule has 0 unspecified atom stereocenters. The van der Waals surface area contributed by atoms with Crippen molar-refractivity contribution >= 4 is 11.8 Å². The number of thioether (sulfide) groups is 1. The first-order valence-corrected chi connectivity index (χ1v) is 6.30. The molecule has 1 heterocycles. The van der Waals surface area contributed by atoms with E-state index in [-0.39, 0.29) is 0 Å². The van der Waals surface area contributed by atoms with E-state index in [1.165, 1.54) is 5.56 Å². The summed E-state index contributed by atoms with van der Waals surface area (Å²) in [6, 6.07) is 2.01. The molecule has 0 aliphatic heterocycles. The number of rotatable bonds is 8. The second kappa shape index (κ2) is 7.79. The van der Waals surface area contributed by atoms with Crippen LogP contribution in [0.5, 0.6) is 0 Å². The smallest absolute Gasteiger partial charge is 0.116 e. The first kappa shape index (κ1) is 12.6. The Labute approximate surface area is 95.6 Å². The summed E-state index contributed by atoms with van der Waals surface area (Å²) in [4.78, 5) is 0. The summed E-state index contributed by atoms with van der Waals surface area (Å²) in [7, 11) is 1.72. The van der Waals surface area contributed by atoms with Crippen molar-refractivity contribution in [1.29, 1.82) is 0 Å². The van der Waals surface area contributed by atoms with Gasteiger partial charge >= 0.3 is 0 Å². The Morgan fingerprint density at radius 2 is 2.33 bits per heavy atom. The van der Waals surface area contributed by atoms with Gasteiger partial charge in [0.15, 0.2) is 0 Å². The first-order chi connectivity index (χ1) is 7.34. The van der Waals surface area contributed by atoms with Gasteiger partial charge in [-0.05, 0) is 18.6 Å². The molecule has 1 aromatic heterocycles. The van der Waals surface area contributed by atoms with Crippen LogP contribution < -0.4 is 5.32 Å². The number of ether oxygens (including phenoxy) is 1. The molecule has 3 nitrogen and oxygen atoms in total. The molecule has 0 radical (unpaired) electrons. The van der Waals surface area contributed by atoms with E-state index in [4.69, 9.17) is 9.15 Å². The fraction of sp³-hybridized carbons (Fsp3) is 0.636. The highest BCUT2D eigenvalue weighted by molar-refractivity contribution is 7.98.